The predicted molar refractivity (Wildman–Crippen MR) is 95.9 cm³/mol. The molecular formula is C20H23N3O. The van der Waals surface area contributed by atoms with Crippen molar-refractivity contribution in [3.8, 4) is 0 Å². The number of hydrogen-bond acceptors (Lipinski definition) is 4. The maximum Gasteiger partial charge on any atom is 0.0888 e. The monoisotopic (exact) mass is 321 g/mol. The van der Waals surface area contributed by atoms with Crippen LogP contribution in [-0.2, 0) is 4.74 Å². The van der Waals surface area contributed by atoms with Gasteiger partial charge >= 0.3 is 0 Å². The fourth-order valence-corrected chi connectivity index (χ4v) is 3.40. The first-order chi connectivity index (χ1) is 11.9. The summed E-state index contributed by atoms with van der Waals surface area (Å²) in [4.78, 5) is 2.43. The van der Waals surface area contributed by atoms with Gasteiger partial charge in [-0.3, -0.25) is 9.91 Å². The normalized spacial score (nSPS) is 21.8. The molecule has 0 saturated carbocycles. The molecule has 2 aliphatic rings. The standard InChI is InChI=1S/C20H23N3O/c1-3-7-17(8-4-1)19-15-20(18-9-5-2-6-10-18)23(21-19)16-22-11-13-24-14-12-22/h1-10,20H,11-16H2. The molecule has 2 aromatic carbocycles. The van der Waals surface area contributed by atoms with Crippen LogP contribution in [0.3, 0.4) is 0 Å². The van der Waals surface area contributed by atoms with Gasteiger partial charge in [-0.15, -0.1) is 0 Å². The number of ether oxygens (including phenoxy) is 1. The molecule has 1 atom stereocenters. The fourth-order valence-electron chi connectivity index (χ4n) is 3.40. The summed E-state index contributed by atoms with van der Waals surface area (Å²) in [6.07, 6.45) is 0.957. The number of hydrogen-bond donors (Lipinski definition) is 0. The molecule has 1 fully saturated rings. The highest BCUT2D eigenvalue weighted by atomic mass is 16.5. The lowest BCUT2D eigenvalue weighted by molar-refractivity contribution is 0.00382. The van der Waals surface area contributed by atoms with Crippen molar-refractivity contribution in [3.63, 3.8) is 0 Å². The maximum absolute atomic E-state index is 5.47. The summed E-state index contributed by atoms with van der Waals surface area (Å²) < 4.78 is 5.47. The average molecular weight is 321 g/mol. The largest absolute Gasteiger partial charge is 0.379 e. The fraction of sp³-hybridized carbons (Fsp3) is 0.350. The molecule has 0 radical (unpaired) electrons. The van der Waals surface area contributed by atoms with E-state index < -0.39 is 0 Å². The molecule has 1 unspecified atom stereocenters. The van der Waals surface area contributed by atoms with Gasteiger partial charge in [0.1, 0.15) is 0 Å². The molecule has 4 rings (SSSR count). The average Bonchev–Trinajstić information content (AvgIpc) is 3.08. The summed E-state index contributed by atoms with van der Waals surface area (Å²) in [6.45, 7) is 4.46. The molecule has 0 N–H and O–H groups in total. The zero-order valence-corrected chi connectivity index (χ0v) is 13.8. The molecule has 0 aliphatic carbocycles. The molecule has 124 valence electrons. The van der Waals surface area contributed by atoms with E-state index in [2.05, 4.69) is 70.6 Å². The molecule has 0 amide bonds. The summed E-state index contributed by atoms with van der Waals surface area (Å²) in [5.41, 5.74) is 3.74. The van der Waals surface area contributed by atoms with Gasteiger partial charge in [0.25, 0.3) is 0 Å². The van der Waals surface area contributed by atoms with Crippen LogP contribution in [0.5, 0.6) is 0 Å². The van der Waals surface area contributed by atoms with Crippen LogP contribution >= 0.6 is 0 Å². The molecule has 4 nitrogen and oxygen atoms in total. The predicted octanol–water partition coefficient (Wildman–Crippen LogP) is 3.13. The van der Waals surface area contributed by atoms with Crippen LogP contribution in [0, 0.1) is 0 Å². The first kappa shape index (κ1) is 15.4. The molecular weight excluding hydrogens is 298 g/mol. The minimum atomic E-state index is 0.309. The lowest BCUT2D eigenvalue weighted by Crippen LogP contribution is -2.42. The van der Waals surface area contributed by atoms with Gasteiger partial charge in [-0.1, -0.05) is 60.7 Å². The van der Waals surface area contributed by atoms with Crippen molar-refractivity contribution in [2.45, 2.75) is 12.5 Å². The number of morpholine rings is 1. The quantitative estimate of drug-likeness (QED) is 0.866. The summed E-state index contributed by atoms with van der Waals surface area (Å²) in [6, 6.07) is 21.6. The zero-order chi connectivity index (χ0) is 16.2. The van der Waals surface area contributed by atoms with Gasteiger partial charge in [0.05, 0.1) is 31.6 Å². The maximum atomic E-state index is 5.47. The number of nitrogens with zero attached hydrogens (tertiary/aromatic N) is 3. The zero-order valence-electron chi connectivity index (χ0n) is 13.8. The van der Waals surface area contributed by atoms with E-state index in [1.807, 2.05) is 0 Å². The van der Waals surface area contributed by atoms with Gasteiger partial charge in [-0.25, -0.2) is 0 Å². The van der Waals surface area contributed by atoms with E-state index >= 15 is 0 Å². The van der Waals surface area contributed by atoms with Crippen molar-refractivity contribution in [3.05, 3.63) is 71.8 Å². The number of benzene rings is 2. The van der Waals surface area contributed by atoms with Gasteiger partial charge in [-0.2, -0.15) is 5.10 Å². The highest BCUT2D eigenvalue weighted by Gasteiger charge is 2.30. The number of rotatable bonds is 4. The van der Waals surface area contributed by atoms with Crippen molar-refractivity contribution in [2.24, 2.45) is 5.10 Å². The van der Waals surface area contributed by atoms with Gasteiger partial charge in [0.2, 0.25) is 0 Å². The number of hydrazone groups is 1. The molecule has 2 aromatic rings. The molecule has 2 aliphatic heterocycles. The van der Waals surface area contributed by atoms with E-state index in [1.165, 1.54) is 16.8 Å². The first-order valence-corrected chi connectivity index (χ1v) is 8.65. The lowest BCUT2D eigenvalue weighted by Gasteiger charge is -2.33. The summed E-state index contributed by atoms with van der Waals surface area (Å²) in [5.74, 6) is 0. The van der Waals surface area contributed by atoms with Crippen LogP contribution in [0.1, 0.15) is 23.6 Å². The first-order valence-electron chi connectivity index (χ1n) is 8.65. The second-order valence-corrected chi connectivity index (χ2v) is 6.35. The minimum Gasteiger partial charge on any atom is -0.379 e. The molecule has 0 spiro atoms. The summed E-state index contributed by atoms with van der Waals surface area (Å²) in [5, 5.41) is 7.23. The van der Waals surface area contributed by atoms with Crippen LogP contribution in [0.2, 0.25) is 0 Å². The van der Waals surface area contributed by atoms with E-state index in [0.29, 0.717) is 6.04 Å². The van der Waals surface area contributed by atoms with Crippen LogP contribution in [0.15, 0.2) is 65.8 Å². The smallest absolute Gasteiger partial charge is 0.0888 e. The third-order valence-corrected chi connectivity index (χ3v) is 4.74. The lowest BCUT2D eigenvalue weighted by atomic mass is 9.99. The Morgan fingerprint density at radius 3 is 2.29 bits per heavy atom. The Kier molecular flexibility index (Phi) is 4.58. The van der Waals surface area contributed by atoms with Crippen LogP contribution < -0.4 is 0 Å². The van der Waals surface area contributed by atoms with Crippen molar-refractivity contribution >= 4 is 5.71 Å². The molecule has 24 heavy (non-hydrogen) atoms. The van der Waals surface area contributed by atoms with E-state index in [1.54, 1.807) is 0 Å². The highest BCUT2D eigenvalue weighted by molar-refractivity contribution is 6.01. The van der Waals surface area contributed by atoms with Crippen LogP contribution in [-0.4, -0.2) is 48.6 Å². The van der Waals surface area contributed by atoms with Crippen LogP contribution in [0.25, 0.3) is 0 Å². The second kappa shape index (κ2) is 7.16. The topological polar surface area (TPSA) is 28.1 Å². The Bertz CT molecular complexity index is 681. The Labute approximate surface area is 143 Å². The van der Waals surface area contributed by atoms with E-state index in [-0.39, 0.29) is 0 Å². The van der Waals surface area contributed by atoms with Crippen molar-refractivity contribution < 1.29 is 4.74 Å². The Hall–Kier alpha value is -2.17. The van der Waals surface area contributed by atoms with Gasteiger partial charge < -0.3 is 4.74 Å². The highest BCUT2D eigenvalue weighted by Crippen LogP contribution is 2.32. The van der Waals surface area contributed by atoms with Crippen molar-refractivity contribution in [1.29, 1.82) is 0 Å². The van der Waals surface area contributed by atoms with E-state index in [9.17, 15) is 0 Å². The van der Waals surface area contributed by atoms with Gasteiger partial charge in [0, 0.05) is 19.5 Å². The Balaban J connectivity index is 1.58. The van der Waals surface area contributed by atoms with E-state index in [0.717, 1.165) is 39.4 Å². The molecule has 0 aromatic heterocycles. The Morgan fingerprint density at radius 1 is 0.917 bits per heavy atom. The summed E-state index contributed by atoms with van der Waals surface area (Å²) in [7, 11) is 0. The van der Waals surface area contributed by atoms with Crippen molar-refractivity contribution in [2.75, 3.05) is 33.0 Å². The molecule has 4 heteroatoms. The van der Waals surface area contributed by atoms with Crippen LogP contribution in [0.4, 0.5) is 0 Å². The molecule has 2 heterocycles. The molecule has 0 bridgehead atoms. The Morgan fingerprint density at radius 2 is 1.58 bits per heavy atom. The second-order valence-electron chi connectivity index (χ2n) is 6.35. The van der Waals surface area contributed by atoms with Gasteiger partial charge in [-0.05, 0) is 11.1 Å². The molecule has 1 saturated heterocycles. The minimum absolute atomic E-state index is 0.309. The van der Waals surface area contributed by atoms with E-state index in [4.69, 9.17) is 9.84 Å². The SMILES string of the molecule is c1ccc(C2=NN(CN3CCOCC3)C(c3ccccc3)C2)cc1. The van der Waals surface area contributed by atoms with Gasteiger partial charge in [0.15, 0.2) is 0 Å². The third kappa shape index (κ3) is 3.35. The third-order valence-electron chi connectivity index (χ3n) is 4.74. The summed E-state index contributed by atoms with van der Waals surface area (Å²) >= 11 is 0. The van der Waals surface area contributed by atoms with Crippen molar-refractivity contribution in [1.82, 2.24) is 9.91 Å².